The normalized spacial score (nSPS) is 13.7. The van der Waals surface area contributed by atoms with Gasteiger partial charge in [-0.2, -0.15) is 0 Å². The van der Waals surface area contributed by atoms with Crippen LogP contribution in [0.2, 0.25) is 0 Å². The number of nitrogens with two attached hydrogens (primary N) is 1. The Bertz CT molecular complexity index is 853. The van der Waals surface area contributed by atoms with Crippen LogP contribution in [0.3, 0.4) is 0 Å². The third-order valence-electron chi connectivity index (χ3n) is 4.44. The van der Waals surface area contributed by atoms with Crippen molar-refractivity contribution in [1.29, 1.82) is 0 Å². The Balaban J connectivity index is 2.24. The molecule has 1 amide bonds. The molecule has 0 saturated carbocycles. The lowest BCUT2D eigenvalue weighted by Crippen LogP contribution is -2.40. The van der Waals surface area contributed by atoms with E-state index in [4.69, 9.17) is 5.73 Å². The molecule has 2 aromatic rings. The summed E-state index contributed by atoms with van der Waals surface area (Å²) in [6, 6.07) is 14.3. The molecule has 2 aromatic carbocycles. The van der Waals surface area contributed by atoms with Crippen LogP contribution >= 0.6 is 0 Å². The van der Waals surface area contributed by atoms with Crippen LogP contribution in [0.15, 0.2) is 59.5 Å². The summed E-state index contributed by atoms with van der Waals surface area (Å²) < 4.78 is 26.9. The quantitative estimate of drug-likeness (QED) is 0.778. The lowest BCUT2D eigenvalue weighted by atomic mass is 9.99. The van der Waals surface area contributed by atoms with E-state index in [2.05, 4.69) is 5.32 Å². The minimum absolute atomic E-state index is 0.0335. The molecule has 0 aliphatic heterocycles. The van der Waals surface area contributed by atoms with E-state index in [1.807, 2.05) is 19.9 Å². The molecule has 0 spiro atoms. The predicted octanol–water partition coefficient (Wildman–Crippen LogP) is 2.82. The smallest absolute Gasteiger partial charge is 0.264 e. The van der Waals surface area contributed by atoms with E-state index in [1.165, 1.54) is 23.5 Å². The number of amides is 1. The second kappa shape index (κ2) is 8.33. The Labute approximate surface area is 155 Å². The van der Waals surface area contributed by atoms with Gasteiger partial charge in [0.1, 0.15) is 0 Å². The van der Waals surface area contributed by atoms with Gasteiger partial charge in [-0.1, -0.05) is 44.5 Å². The van der Waals surface area contributed by atoms with Crippen LogP contribution in [-0.4, -0.2) is 27.4 Å². The second-order valence-electron chi connectivity index (χ2n) is 6.24. The van der Waals surface area contributed by atoms with Crippen molar-refractivity contribution in [1.82, 2.24) is 0 Å². The largest absolute Gasteiger partial charge is 0.325 e. The molecule has 0 saturated heterocycles. The maximum atomic E-state index is 12.8. The van der Waals surface area contributed by atoms with E-state index in [0.29, 0.717) is 11.4 Å². The van der Waals surface area contributed by atoms with E-state index >= 15 is 0 Å². The lowest BCUT2D eigenvalue weighted by Gasteiger charge is -2.20. The molecule has 0 fully saturated rings. The molecule has 0 aliphatic rings. The van der Waals surface area contributed by atoms with Gasteiger partial charge in [-0.15, -0.1) is 0 Å². The van der Waals surface area contributed by atoms with Crippen LogP contribution in [0.1, 0.15) is 20.3 Å². The fraction of sp³-hybridized carbons (Fsp3) is 0.316. The number of nitrogens with one attached hydrogen (secondary N) is 1. The first-order valence-corrected chi connectivity index (χ1v) is 9.92. The average molecular weight is 375 g/mol. The number of benzene rings is 2. The molecule has 140 valence electrons. The molecule has 0 aromatic heterocycles. The zero-order chi connectivity index (χ0) is 19.3. The molecule has 0 radical (unpaired) electrons. The average Bonchev–Trinajstić information content (AvgIpc) is 2.66. The summed E-state index contributed by atoms with van der Waals surface area (Å²) >= 11 is 0. The second-order valence-corrected chi connectivity index (χ2v) is 8.21. The van der Waals surface area contributed by atoms with E-state index < -0.39 is 16.1 Å². The first-order valence-electron chi connectivity index (χ1n) is 8.48. The highest BCUT2D eigenvalue weighted by molar-refractivity contribution is 7.92. The zero-order valence-electron chi connectivity index (χ0n) is 15.2. The summed E-state index contributed by atoms with van der Waals surface area (Å²) in [4.78, 5) is 12.3. The number of sulfonamides is 1. The summed E-state index contributed by atoms with van der Waals surface area (Å²) in [5.41, 5.74) is 6.88. The third-order valence-corrected chi connectivity index (χ3v) is 6.22. The van der Waals surface area contributed by atoms with Crippen molar-refractivity contribution in [2.45, 2.75) is 31.2 Å². The van der Waals surface area contributed by atoms with Crippen molar-refractivity contribution >= 4 is 27.3 Å². The van der Waals surface area contributed by atoms with Crippen LogP contribution in [-0.2, 0) is 14.8 Å². The van der Waals surface area contributed by atoms with Gasteiger partial charge in [-0.3, -0.25) is 9.10 Å². The Kier molecular flexibility index (Phi) is 6.39. The molecule has 26 heavy (non-hydrogen) atoms. The molecular weight excluding hydrogens is 350 g/mol. The summed E-state index contributed by atoms with van der Waals surface area (Å²) in [6.07, 6.45) is 0.783. The van der Waals surface area contributed by atoms with Gasteiger partial charge in [0.25, 0.3) is 10.0 Å². The number of hydrogen-bond donors (Lipinski definition) is 2. The van der Waals surface area contributed by atoms with Gasteiger partial charge in [0.15, 0.2) is 0 Å². The van der Waals surface area contributed by atoms with Gasteiger partial charge in [-0.25, -0.2) is 8.42 Å². The number of rotatable bonds is 7. The van der Waals surface area contributed by atoms with Gasteiger partial charge in [-0.05, 0) is 36.2 Å². The maximum Gasteiger partial charge on any atom is 0.264 e. The fourth-order valence-electron chi connectivity index (χ4n) is 2.41. The molecule has 2 unspecified atom stereocenters. The number of hydrogen-bond acceptors (Lipinski definition) is 4. The van der Waals surface area contributed by atoms with Crippen molar-refractivity contribution in [3.63, 3.8) is 0 Å². The van der Waals surface area contributed by atoms with Gasteiger partial charge in [0, 0.05) is 12.7 Å². The molecule has 0 aliphatic carbocycles. The van der Waals surface area contributed by atoms with Crippen LogP contribution in [0, 0.1) is 5.92 Å². The minimum atomic E-state index is -3.74. The number of carbonyl (C=O) groups is 1. The Morgan fingerprint density at radius 3 is 2.42 bits per heavy atom. The fourth-order valence-corrected chi connectivity index (χ4v) is 3.65. The van der Waals surface area contributed by atoms with Gasteiger partial charge < -0.3 is 11.1 Å². The first kappa shape index (κ1) is 19.9. The minimum Gasteiger partial charge on any atom is -0.325 e. The first-order chi connectivity index (χ1) is 12.3. The predicted molar refractivity (Wildman–Crippen MR) is 105 cm³/mol. The van der Waals surface area contributed by atoms with Crippen molar-refractivity contribution in [3.05, 3.63) is 54.6 Å². The molecule has 3 N–H and O–H groups in total. The van der Waals surface area contributed by atoms with Crippen LogP contribution < -0.4 is 15.4 Å². The van der Waals surface area contributed by atoms with Crippen LogP contribution in [0.4, 0.5) is 11.4 Å². The highest BCUT2D eigenvalue weighted by Crippen LogP contribution is 2.23. The van der Waals surface area contributed by atoms with E-state index in [-0.39, 0.29) is 16.7 Å². The molecule has 2 atom stereocenters. The van der Waals surface area contributed by atoms with E-state index in [1.54, 1.807) is 36.4 Å². The standard InChI is InChI=1S/C19H25N3O3S/c1-4-14(2)18(20)19(23)21-15-9-8-12-17(13-15)26(24,25)22(3)16-10-6-5-7-11-16/h5-14,18H,4,20H2,1-3H3,(H,21,23). The number of anilines is 2. The zero-order valence-corrected chi connectivity index (χ0v) is 16.0. The van der Waals surface area contributed by atoms with Gasteiger partial charge in [0.2, 0.25) is 5.91 Å². The van der Waals surface area contributed by atoms with Crippen molar-refractivity contribution in [2.24, 2.45) is 11.7 Å². The third kappa shape index (κ3) is 4.42. The monoisotopic (exact) mass is 375 g/mol. The Morgan fingerprint density at radius 2 is 1.81 bits per heavy atom. The lowest BCUT2D eigenvalue weighted by molar-refractivity contribution is -0.118. The SMILES string of the molecule is CCC(C)C(N)C(=O)Nc1cccc(S(=O)(=O)N(C)c2ccccc2)c1. The molecule has 7 heteroatoms. The molecule has 6 nitrogen and oxygen atoms in total. The van der Waals surface area contributed by atoms with Gasteiger partial charge >= 0.3 is 0 Å². The van der Waals surface area contributed by atoms with Crippen molar-refractivity contribution < 1.29 is 13.2 Å². The Morgan fingerprint density at radius 1 is 1.15 bits per heavy atom. The van der Waals surface area contributed by atoms with Crippen molar-refractivity contribution in [2.75, 3.05) is 16.7 Å². The number of para-hydroxylation sites is 1. The summed E-state index contributed by atoms with van der Waals surface area (Å²) in [5.74, 6) is -0.295. The van der Waals surface area contributed by atoms with Gasteiger partial charge in [0.05, 0.1) is 16.6 Å². The maximum absolute atomic E-state index is 12.8. The van der Waals surface area contributed by atoms with E-state index in [0.717, 1.165) is 6.42 Å². The highest BCUT2D eigenvalue weighted by Gasteiger charge is 2.23. The van der Waals surface area contributed by atoms with Crippen LogP contribution in [0.25, 0.3) is 0 Å². The van der Waals surface area contributed by atoms with Crippen molar-refractivity contribution in [3.8, 4) is 0 Å². The number of nitrogens with zero attached hydrogens (tertiary/aromatic N) is 1. The van der Waals surface area contributed by atoms with E-state index in [9.17, 15) is 13.2 Å². The highest BCUT2D eigenvalue weighted by atomic mass is 32.2. The molecular formula is C19H25N3O3S. The topological polar surface area (TPSA) is 92.5 Å². The Hall–Kier alpha value is -2.38. The number of carbonyl (C=O) groups excluding carboxylic acids is 1. The van der Waals surface area contributed by atoms with Crippen LogP contribution in [0.5, 0.6) is 0 Å². The molecule has 0 bridgehead atoms. The molecule has 0 heterocycles. The summed E-state index contributed by atoms with van der Waals surface area (Å²) in [6.45, 7) is 3.87. The summed E-state index contributed by atoms with van der Waals surface area (Å²) in [7, 11) is -2.25. The summed E-state index contributed by atoms with van der Waals surface area (Å²) in [5, 5.41) is 2.70. The molecule has 2 rings (SSSR count).